The Morgan fingerprint density at radius 2 is 1.37 bits per heavy atom. The third kappa shape index (κ3) is 7.04. The van der Waals surface area contributed by atoms with E-state index in [4.69, 9.17) is 14.2 Å². The van der Waals surface area contributed by atoms with E-state index in [1.165, 1.54) is 38.5 Å². The molecule has 0 aromatic heterocycles. The minimum absolute atomic E-state index is 0.0384. The highest BCUT2D eigenvalue weighted by Gasteiger charge is 2.46. The minimum Gasteiger partial charge on any atom is -0.432 e. The van der Waals surface area contributed by atoms with E-state index in [0.717, 1.165) is 24.1 Å². The zero-order valence-electron chi connectivity index (χ0n) is 23.3. The van der Waals surface area contributed by atoms with Gasteiger partial charge >= 0.3 is 6.11 Å². The molecule has 0 spiro atoms. The zero-order chi connectivity index (χ0) is 29.1. The maximum atomic E-state index is 15.1. The smallest absolute Gasteiger partial charge is 0.400 e. The molecular weight excluding hydrogens is 546 g/mol. The second-order valence-corrected chi connectivity index (χ2v) is 12.0. The van der Waals surface area contributed by atoms with Gasteiger partial charge in [0.25, 0.3) is 0 Å². The summed E-state index contributed by atoms with van der Waals surface area (Å²) in [5, 5.41) is 0. The molecular formula is C32H38F6O3. The van der Waals surface area contributed by atoms with Crippen LogP contribution in [-0.2, 0) is 9.47 Å². The van der Waals surface area contributed by atoms with Crippen LogP contribution in [0.3, 0.4) is 0 Å². The Bertz CT molecular complexity index is 1140. The van der Waals surface area contributed by atoms with Crippen molar-refractivity contribution in [1.82, 2.24) is 0 Å². The van der Waals surface area contributed by atoms with Gasteiger partial charge in [-0.15, -0.1) is 0 Å². The van der Waals surface area contributed by atoms with Crippen molar-refractivity contribution in [2.75, 3.05) is 13.2 Å². The lowest BCUT2D eigenvalue weighted by Gasteiger charge is -2.41. The number of halogens is 6. The van der Waals surface area contributed by atoms with Gasteiger partial charge in [0.05, 0.1) is 19.1 Å². The van der Waals surface area contributed by atoms with Crippen molar-refractivity contribution >= 4 is 0 Å². The Hall–Kier alpha value is -2.26. The summed E-state index contributed by atoms with van der Waals surface area (Å²) in [6.07, 6.45) is 5.09. The number of hydrogen-bond donors (Lipinski definition) is 0. The predicted molar refractivity (Wildman–Crippen MR) is 142 cm³/mol. The van der Waals surface area contributed by atoms with Gasteiger partial charge in [0.2, 0.25) is 0 Å². The Labute approximate surface area is 237 Å². The van der Waals surface area contributed by atoms with Crippen molar-refractivity contribution in [3.05, 3.63) is 53.6 Å². The molecule has 1 aliphatic heterocycles. The van der Waals surface area contributed by atoms with E-state index in [-0.39, 0.29) is 36.2 Å². The monoisotopic (exact) mass is 584 g/mol. The number of ether oxygens (including phenoxy) is 3. The predicted octanol–water partition coefficient (Wildman–Crippen LogP) is 9.28. The summed E-state index contributed by atoms with van der Waals surface area (Å²) in [5.74, 6) is -5.19. The highest BCUT2D eigenvalue weighted by Crippen LogP contribution is 2.43. The molecule has 0 atom stereocenters. The van der Waals surface area contributed by atoms with Gasteiger partial charge in [-0.3, -0.25) is 0 Å². The number of rotatable bonds is 8. The topological polar surface area (TPSA) is 27.7 Å². The van der Waals surface area contributed by atoms with Crippen molar-refractivity contribution in [1.29, 1.82) is 0 Å². The third-order valence-electron chi connectivity index (χ3n) is 9.33. The summed E-state index contributed by atoms with van der Waals surface area (Å²) in [5.41, 5.74) is -0.522. The molecule has 0 bridgehead atoms. The van der Waals surface area contributed by atoms with Crippen LogP contribution in [0.4, 0.5) is 26.3 Å². The van der Waals surface area contributed by atoms with Gasteiger partial charge in [-0.25, -0.2) is 17.6 Å². The average molecular weight is 585 g/mol. The Morgan fingerprint density at radius 1 is 0.756 bits per heavy atom. The molecule has 5 rings (SSSR count). The Balaban J connectivity index is 1.10. The van der Waals surface area contributed by atoms with Crippen molar-refractivity contribution in [2.45, 2.75) is 83.5 Å². The maximum Gasteiger partial charge on any atom is 0.400 e. The van der Waals surface area contributed by atoms with Crippen LogP contribution in [0.25, 0.3) is 11.1 Å². The van der Waals surface area contributed by atoms with Crippen molar-refractivity contribution in [3.63, 3.8) is 0 Å². The number of alkyl halides is 2. The van der Waals surface area contributed by atoms with Gasteiger partial charge < -0.3 is 14.2 Å². The van der Waals surface area contributed by atoms with Crippen molar-refractivity contribution < 1.29 is 40.6 Å². The standard InChI is InChI=1S/C32H38F6O3/c1-2-3-19-4-6-20(7-5-19)23-17-39-31(40-18-23)21-8-10-24(11-9-21)32(37,38)41-25-12-13-26(27(33)16-25)22-14-28(34)30(36)29(35)15-22/h12-16,19-21,23-24,31H,2-11,17-18H2,1H3. The molecule has 2 saturated carbocycles. The molecule has 1 heterocycles. The van der Waals surface area contributed by atoms with Crippen molar-refractivity contribution in [3.8, 4) is 16.9 Å². The van der Waals surface area contributed by atoms with Crippen LogP contribution in [-0.4, -0.2) is 25.6 Å². The van der Waals surface area contributed by atoms with Crippen molar-refractivity contribution in [2.24, 2.45) is 29.6 Å². The molecule has 3 fully saturated rings. The summed E-state index contributed by atoms with van der Waals surface area (Å²) >= 11 is 0. The molecule has 2 aromatic carbocycles. The fraction of sp³-hybridized carbons (Fsp3) is 0.625. The second-order valence-electron chi connectivity index (χ2n) is 12.0. The second kappa shape index (κ2) is 12.9. The molecule has 41 heavy (non-hydrogen) atoms. The average Bonchev–Trinajstić information content (AvgIpc) is 2.96. The number of benzene rings is 2. The normalized spacial score (nSPS) is 29.3. The maximum absolute atomic E-state index is 15.1. The quantitative estimate of drug-likeness (QED) is 0.229. The summed E-state index contributed by atoms with van der Waals surface area (Å²) in [4.78, 5) is 0. The first-order valence-corrected chi connectivity index (χ1v) is 14.9. The first kappa shape index (κ1) is 30.2. The lowest BCUT2D eigenvalue weighted by atomic mass is 9.74. The van der Waals surface area contributed by atoms with Crippen LogP contribution < -0.4 is 4.74 Å². The SMILES string of the molecule is CCCC1CCC(C2COC(C3CCC(C(F)(F)Oc4ccc(-c5cc(F)c(F)c(F)c5)c(F)c4)CC3)OC2)CC1. The summed E-state index contributed by atoms with van der Waals surface area (Å²) < 4.78 is 102. The molecule has 0 unspecified atom stereocenters. The molecule has 2 aromatic rings. The van der Waals surface area contributed by atoms with E-state index in [1.807, 2.05) is 0 Å². The van der Waals surface area contributed by atoms with E-state index in [9.17, 15) is 17.6 Å². The summed E-state index contributed by atoms with van der Waals surface area (Å²) in [6.45, 7) is 3.56. The molecule has 0 N–H and O–H groups in total. The molecule has 9 heteroatoms. The molecule has 0 radical (unpaired) electrons. The first-order chi connectivity index (χ1) is 19.6. The molecule has 1 saturated heterocycles. The van der Waals surface area contributed by atoms with E-state index < -0.39 is 41.0 Å². The summed E-state index contributed by atoms with van der Waals surface area (Å²) in [6, 6.07) is 4.20. The largest absolute Gasteiger partial charge is 0.432 e. The van der Waals surface area contributed by atoms with Gasteiger partial charge in [0.1, 0.15) is 11.6 Å². The highest BCUT2D eigenvalue weighted by atomic mass is 19.3. The zero-order valence-corrected chi connectivity index (χ0v) is 23.3. The lowest BCUT2D eigenvalue weighted by molar-refractivity contribution is -0.251. The molecule has 2 aliphatic carbocycles. The fourth-order valence-electron chi connectivity index (χ4n) is 6.91. The van der Waals surface area contributed by atoms with Gasteiger partial charge in [-0.1, -0.05) is 32.6 Å². The van der Waals surface area contributed by atoms with Crippen LogP contribution >= 0.6 is 0 Å². The summed E-state index contributed by atoms with van der Waals surface area (Å²) in [7, 11) is 0. The van der Waals surface area contributed by atoms with Gasteiger partial charge in [0.15, 0.2) is 23.7 Å². The molecule has 3 aliphatic rings. The van der Waals surface area contributed by atoms with Gasteiger partial charge in [-0.2, -0.15) is 8.78 Å². The van der Waals surface area contributed by atoms with E-state index in [1.54, 1.807) is 0 Å². The van der Waals surface area contributed by atoms with Crippen LogP contribution in [0.5, 0.6) is 5.75 Å². The fourth-order valence-corrected chi connectivity index (χ4v) is 6.91. The lowest BCUT2D eigenvalue weighted by Crippen LogP contribution is -2.43. The van der Waals surface area contributed by atoms with E-state index in [0.29, 0.717) is 50.0 Å². The minimum atomic E-state index is -3.54. The van der Waals surface area contributed by atoms with Gasteiger partial charge in [-0.05, 0) is 80.2 Å². The Morgan fingerprint density at radius 3 is 1.95 bits per heavy atom. The Kier molecular flexibility index (Phi) is 9.53. The van der Waals surface area contributed by atoms with Crippen LogP contribution in [0.2, 0.25) is 0 Å². The first-order valence-electron chi connectivity index (χ1n) is 14.9. The number of hydrogen-bond acceptors (Lipinski definition) is 3. The van der Waals surface area contributed by atoms with Crippen LogP contribution in [0.15, 0.2) is 30.3 Å². The van der Waals surface area contributed by atoms with E-state index in [2.05, 4.69) is 6.92 Å². The van der Waals surface area contributed by atoms with Gasteiger partial charge in [0, 0.05) is 23.5 Å². The molecule has 3 nitrogen and oxygen atoms in total. The highest BCUT2D eigenvalue weighted by molar-refractivity contribution is 5.65. The molecule has 226 valence electrons. The molecule has 0 amide bonds. The third-order valence-corrected chi connectivity index (χ3v) is 9.33. The van der Waals surface area contributed by atoms with Crippen LogP contribution in [0.1, 0.15) is 71.1 Å². The van der Waals surface area contributed by atoms with Crippen LogP contribution in [0, 0.1) is 52.9 Å². The van der Waals surface area contributed by atoms with E-state index >= 15 is 8.78 Å².